The quantitative estimate of drug-likeness (QED) is 0.653. The Bertz CT molecular complexity index is 962. The molecule has 0 spiro atoms. The summed E-state index contributed by atoms with van der Waals surface area (Å²) in [5, 5.41) is 0. The fourth-order valence-corrected chi connectivity index (χ4v) is 5.39. The standard InChI is InChI=1S/C25H28BrN3O2/c26-20-7-4-8-22(15-20)29-16-19(14-24(29)30)25(31)28-12-11-27(21-9-10-21)17-23(28)13-18-5-2-1-3-6-18/h1-8,15,19,21,23H,9-14,16-17H2. The van der Waals surface area contributed by atoms with Gasteiger partial charge in [-0.1, -0.05) is 52.3 Å². The predicted molar refractivity (Wildman–Crippen MR) is 125 cm³/mol. The molecule has 2 atom stereocenters. The van der Waals surface area contributed by atoms with E-state index in [-0.39, 0.29) is 23.8 Å². The molecular formula is C25H28BrN3O2. The van der Waals surface area contributed by atoms with Crippen LogP contribution < -0.4 is 4.90 Å². The molecule has 0 radical (unpaired) electrons. The first-order valence-corrected chi connectivity index (χ1v) is 12.0. The molecule has 1 aliphatic carbocycles. The maximum Gasteiger partial charge on any atom is 0.228 e. The fourth-order valence-electron chi connectivity index (χ4n) is 5.00. The summed E-state index contributed by atoms with van der Waals surface area (Å²) >= 11 is 3.48. The van der Waals surface area contributed by atoms with Crippen molar-refractivity contribution in [1.82, 2.24) is 9.80 Å². The Morgan fingerprint density at radius 3 is 2.55 bits per heavy atom. The summed E-state index contributed by atoms with van der Waals surface area (Å²) in [5.41, 5.74) is 2.12. The summed E-state index contributed by atoms with van der Waals surface area (Å²) in [4.78, 5) is 32.7. The van der Waals surface area contributed by atoms with Crippen molar-refractivity contribution >= 4 is 33.4 Å². The fraction of sp³-hybridized carbons (Fsp3) is 0.440. The molecule has 0 bridgehead atoms. The highest BCUT2D eigenvalue weighted by Crippen LogP contribution is 2.32. The molecule has 2 aromatic carbocycles. The van der Waals surface area contributed by atoms with Crippen LogP contribution in [0.4, 0.5) is 5.69 Å². The van der Waals surface area contributed by atoms with Gasteiger partial charge in [0, 0.05) is 54.8 Å². The lowest BCUT2D eigenvalue weighted by Gasteiger charge is -2.42. The second kappa shape index (κ2) is 8.75. The molecule has 0 aromatic heterocycles. The monoisotopic (exact) mass is 481 g/mol. The summed E-state index contributed by atoms with van der Waals surface area (Å²) in [6, 6.07) is 19.1. The third-order valence-corrected chi connectivity index (χ3v) is 7.26. The molecule has 5 rings (SSSR count). The Balaban J connectivity index is 1.32. The van der Waals surface area contributed by atoms with Crippen LogP contribution >= 0.6 is 15.9 Å². The highest BCUT2D eigenvalue weighted by molar-refractivity contribution is 9.10. The van der Waals surface area contributed by atoms with Gasteiger partial charge >= 0.3 is 0 Å². The average Bonchev–Trinajstić information content (AvgIpc) is 3.55. The number of halogens is 1. The molecule has 2 amide bonds. The Morgan fingerprint density at radius 2 is 1.81 bits per heavy atom. The van der Waals surface area contributed by atoms with E-state index in [0.717, 1.165) is 36.2 Å². The van der Waals surface area contributed by atoms with E-state index in [2.05, 4.69) is 50.0 Å². The molecule has 2 saturated heterocycles. The van der Waals surface area contributed by atoms with Gasteiger partial charge in [-0.15, -0.1) is 0 Å². The number of anilines is 1. The van der Waals surface area contributed by atoms with Gasteiger partial charge in [0.2, 0.25) is 11.8 Å². The van der Waals surface area contributed by atoms with E-state index < -0.39 is 0 Å². The van der Waals surface area contributed by atoms with Gasteiger partial charge in [-0.3, -0.25) is 14.5 Å². The van der Waals surface area contributed by atoms with Crippen LogP contribution in [0.2, 0.25) is 0 Å². The van der Waals surface area contributed by atoms with E-state index >= 15 is 0 Å². The first-order valence-electron chi connectivity index (χ1n) is 11.2. The number of carbonyl (C=O) groups is 2. The molecule has 6 heteroatoms. The van der Waals surface area contributed by atoms with Crippen LogP contribution in [-0.2, 0) is 16.0 Å². The minimum absolute atomic E-state index is 0.0349. The van der Waals surface area contributed by atoms with E-state index in [0.29, 0.717) is 19.0 Å². The van der Waals surface area contributed by atoms with Crippen molar-refractivity contribution in [3.8, 4) is 0 Å². The van der Waals surface area contributed by atoms with E-state index in [9.17, 15) is 9.59 Å². The smallest absolute Gasteiger partial charge is 0.228 e. The summed E-state index contributed by atoms with van der Waals surface area (Å²) in [7, 11) is 0. The molecule has 5 nitrogen and oxygen atoms in total. The SMILES string of the molecule is O=C1CC(C(=O)N2CCN(C3CC3)CC2Cc2ccccc2)CN1c1cccc(Br)c1. The Hall–Kier alpha value is -2.18. The van der Waals surface area contributed by atoms with Crippen LogP contribution in [0.25, 0.3) is 0 Å². The van der Waals surface area contributed by atoms with Crippen LogP contribution in [0.15, 0.2) is 59.1 Å². The van der Waals surface area contributed by atoms with E-state index in [1.54, 1.807) is 4.90 Å². The van der Waals surface area contributed by atoms with Gasteiger partial charge in [-0.05, 0) is 43.0 Å². The average molecular weight is 482 g/mol. The van der Waals surface area contributed by atoms with E-state index in [4.69, 9.17) is 0 Å². The third kappa shape index (κ3) is 4.55. The number of hydrogen-bond donors (Lipinski definition) is 0. The van der Waals surface area contributed by atoms with Crippen molar-refractivity contribution in [3.63, 3.8) is 0 Å². The molecular weight excluding hydrogens is 454 g/mol. The summed E-state index contributed by atoms with van der Waals surface area (Å²) in [6.45, 7) is 3.10. The highest BCUT2D eigenvalue weighted by atomic mass is 79.9. The predicted octanol–water partition coefficient (Wildman–Crippen LogP) is 3.72. The second-order valence-electron chi connectivity index (χ2n) is 8.99. The Kier molecular flexibility index (Phi) is 5.85. The van der Waals surface area contributed by atoms with Crippen molar-refractivity contribution in [2.75, 3.05) is 31.1 Å². The maximum atomic E-state index is 13.6. The van der Waals surface area contributed by atoms with Crippen molar-refractivity contribution in [1.29, 1.82) is 0 Å². The Morgan fingerprint density at radius 1 is 1.00 bits per heavy atom. The van der Waals surface area contributed by atoms with Gasteiger partial charge in [-0.25, -0.2) is 0 Å². The first kappa shape index (κ1) is 20.7. The Labute approximate surface area is 192 Å². The van der Waals surface area contributed by atoms with Crippen LogP contribution in [0.3, 0.4) is 0 Å². The minimum atomic E-state index is -0.266. The summed E-state index contributed by atoms with van der Waals surface area (Å²) in [5.74, 6) is -0.0906. The van der Waals surface area contributed by atoms with Crippen molar-refractivity contribution < 1.29 is 9.59 Å². The van der Waals surface area contributed by atoms with Gasteiger partial charge in [-0.2, -0.15) is 0 Å². The molecule has 3 fully saturated rings. The summed E-state index contributed by atoms with van der Waals surface area (Å²) in [6.07, 6.45) is 3.73. The van der Waals surface area contributed by atoms with Crippen LogP contribution in [-0.4, -0.2) is 59.9 Å². The lowest BCUT2D eigenvalue weighted by atomic mass is 9.98. The zero-order chi connectivity index (χ0) is 21.4. The topological polar surface area (TPSA) is 43.9 Å². The minimum Gasteiger partial charge on any atom is -0.336 e. The zero-order valence-corrected chi connectivity index (χ0v) is 19.2. The number of piperazine rings is 1. The molecule has 31 heavy (non-hydrogen) atoms. The van der Waals surface area contributed by atoms with Crippen molar-refractivity contribution in [2.24, 2.45) is 5.92 Å². The van der Waals surface area contributed by atoms with Gasteiger partial charge in [0.1, 0.15) is 0 Å². The number of nitrogens with zero attached hydrogens (tertiary/aromatic N) is 3. The lowest BCUT2D eigenvalue weighted by Crippen LogP contribution is -2.57. The van der Waals surface area contributed by atoms with Gasteiger partial charge < -0.3 is 9.80 Å². The second-order valence-corrected chi connectivity index (χ2v) is 9.90. The molecule has 2 aromatic rings. The first-order chi connectivity index (χ1) is 15.1. The molecule has 162 valence electrons. The van der Waals surface area contributed by atoms with Crippen molar-refractivity contribution in [2.45, 2.75) is 37.8 Å². The molecule has 2 aliphatic heterocycles. The summed E-state index contributed by atoms with van der Waals surface area (Å²) < 4.78 is 0.937. The largest absolute Gasteiger partial charge is 0.336 e. The van der Waals surface area contributed by atoms with Gasteiger partial charge in [0.25, 0.3) is 0 Å². The molecule has 2 unspecified atom stereocenters. The zero-order valence-electron chi connectivity index (χ0n) is 17.6. The molecule has 1 saturated carbocycles. The number of hydrogen-bond acceptors (Lipinski definition) is 3. The normalized spacial score (nSPS) is 24.6. The number of carbonyl (C=O) groups excluding carboxylic acids is 2. The van der Waals surface area contributed by atoms with Crippen molar-refractivity contribution in [3.05, 3.63) is 64.6 Å². The van der Waals surface area contributed by atoms with Gasteiger partial charge in [0.05, 0.1) is 5.92 Å². The lowest BCUT2D eigenvalue weighted by molar-refractivity contribution is -0.140. The van der Waals surface area contributed by atoms with E-state index in [1.165, 1.54) is 18.4 Å². The maximum absolute atomic E-state index is 13.6. The number of rotatable bonds is 5. The third-order valence-electron chi connectivity index (χ3n) is 6.77. The van der Waals surface area contributed by atoms with Gasteiger partial charge in [0.15, 0.2) is 0 Å². The molecule has 2 heterocycles. The number of amides is 2. The van der Waals surface area contributed by atoms with Crippen LogP contribution in [0.1, 0.15) is 24.8 Å². The number of benzene rings is 2. The molecule has 3 aliphatic rings. The van der Waals surface area contributed by atoms with Crippen LogP contribution in [0.5, 0.6) is 0 Å². The van der Waals surface area contributed by atoms with E-state index in [1.807, 2.05) is 30.3 Å². The van der Waals surface area contributed by atoms with Crippen LogP contribution in [0, 0.1) is 5.92 Å². The highest BCUT2D eigenvalue weighted by Gasteiger charge is 2.42. The molecule has 0 N–H and O–H groups in total.